The van der Waals surface area contributed by atoms with E-state index in [0.29, 0.717) is 0 Å². The van der Waals surface area contributed by atoms with Gasteiger partial charge in [-0.3, -0.25) is 9.59 Å². The summed E-state index contributed by atoms with van der Waals surface area (Å²) in [4.78, 5) is 24.4. The van der Waals surface area contributed by atoms with Crippen molar-refractivity contribution in [3.8, 4) is 0 Å². The minimum Gasteiger partial charge on any atom is -0.348 e. The maximum atomic E-state index is 12.1. The normalized spacial score (nSPS) is 11.7. The Balaban J connectivity index is 2.02. The molecule has 1 unspecified atom stereocenters. The van der Waals surface area contributed by atoms with Crippen LogP contribution in [0.25, 0.3) is 0 Å². The third-order valence-electron chi connectivity index (χ3n) is 2.76. The highest BCUT2D eigenvalue weighted by Crippen LogP contribution is 2.23. The molecule has 0 bridgehead atoms. The first-order valence-electron chi connectivity index (χ1n) is 6.40. The van der Waals surface area contributed by atoms with E-state index in [2.05, 4.69) is 26.6 Å². The van der Waals surface area contributed by atoms with Gasteiger partial charge in [-0.25, -0.2) is 0 Å². The fourth-order valence-corrected chi connectivity index (χ4v) is 3.10. The Morgan fingerprint density at radius 2 is 2.10 bits per heavy atom. The third-order valence-corrected chi connectivity index (χ3v) is 4.24. The van der Waals surface area contributed by atoms with Gasteiger partial charge < -0.3 is 10.6 Å². The van der Waals surface area contributed by atoms with Gasteiger partial charge in [0.05, 0.1) is 12.5 Å². The number of nitrogens with one attached hydrogen (secondary N) is 2. The van der Waals surface area contributed by atoms with Crippen molar-refractivity contribution in [2.75, 3.05) is 5.32 Å². The molecule has 6 heteroatoms. The van der Waals surface area contributed by atoms with Gasteiger partial charge in [-0.15, -0.1) is 11.3 Å². The van der Waals surface area contributed by atoms with Crippen molar-refractivity contribution in [2.45, 2.75) is 19.4 Å². The molecule has 1 atom stereocenters. The van der Waals surface area contributed by atoms with E-state index < -0.39 is 0 Å². The van der Waals surface area contributed by atoms with Crippen LogP contribution in [-0.2, 0) is 9.59 Å². The lowest BCUT2D eigenvalue weighted by Crippen LogP contribution is -2.29. The summed E-state index contributed by atoms with van der Waals surface area (Å²) in [5.74, 6) is -0.288. The molecule has 0 aliphatic heterocycles. The zero-order chi connectivity index (χ0) is 15.2. The Morgan fingerprint density at radius 3 is 2.71 bits per heavy atom. The van der Waals surface area contributed by atoms with E-state index in [1.807, 2.05) is 41.8 Å². The number of anilines is 1. The Hall–Kier alpha value is -1.66. The Bertz CT molecular complexity index is 628. The molecule has 0 aliphatic rings. The quantitative estimate of drug-likeness (QED) is 0.846. The average molecular weight is 367 g/mol. The van der Waals surface area contributed by atoms with Gasteiger partial charge >= 0.3 is 0 Å². The molecule has 0 radical (unpaired) electrons. The van der Waals surface area contributed by atoms with E-state index in [-0.39, 0.29) is 24.3 Å². The number of hydrogen-bond donors (Lipinski definition) is 2. The zero-order valence-electron chi connectivity index (χ0n) is 11.4. The van der Waals surface area contributed by atoms with Crippen LogP contribution in [0.3, 0.4) is 0 Å². The summed E-state index contributed by atoms with van der Waals surface area (Å²) >= 11 is 4.88. The van der Waals surface area contributed by atoms with Crippen molar-refractivity contribution in [3.05, 3.63) is 51.1 Å². The largest absolute Gasteiger partial charge is 0.348 e. The van der Waals surface area contributed by atoms with E-state index in [4.69, 9.17) is 0 Å². The molecule has 4 nitrogen and oxygen atoms in total. The van der Waals surface area contributed by atoms with Gasteiger partial charge in [-0.2, -0.15) is 0 Å². The average Bonchev–Trinajstić information content (AvgIpc) is 2.91. The lowest BCUT2D eigenvalue weighted by atomic mass is 10.1. The van der Waals surface area contributed by atoms with Crippen molar-refractivity contribution in [1.29, 1.82) is 0 Å². The molecule has 1 aromatic heterocycles. The fourth-order valence-electron chi connectivity index (χ4n) is 1.92. The molecule has 1 aromatic carbocycles. The number of rotatable bonds is 5. The summed E-state index contributed by atoms with van der Waals surface area (Å²) < 4.78 is 0.900. The van der Waals surface area contributed by atoms with Gasteiger partial charge in [0, 0.05) is 22.0 Å². The van der Waals surface area contributed by atoms with Gasteiger partial charge in [0.2, 0.25) is 11.8 Å². The van der Waals surface area contributed by atoms with Crippen LogP contribution in [0.5, 0.6) is 0 Å². The van der Waals surface area contributed by atoms with E-state index >= 15 is 0 Å². The lowest BCUT2D eigenvalue weighted by Gasteiger charge is -2.16. The molecule has 0 saturated carbocycles. The third kappa shape index (κ3) is 4.99. The molecule has 110 valence electrons. The van der Waals surface area contributed by atoms with Gasteiger partial charge in [0.25, 0.3) is 0 Å². The maximum Gasteiger partial charge on any atom is 0.226 e. The first kappa shape index (κ1) is 15.7. The van der Waals surface area contributed by atoms with Crippen molar-refractivity contribution >= 4 is 44.8 Å². The molecule has 0 saturated heterocycles. The second-order valence-corrected chi connectivity index (χ2v) is 6.43. The molecular formula is C15H15BrN2O2S. The summed E-state index contributed by atoms with van der Waals surface area (Å²) in [5, 5.41) is 7.57. The molecule has 1 heterocycles. The second-order valence-electron chi connectivity index (χ2n) is 4.53. The zero-order valence-corrected chi connectivity index (χ0v) is 13.8. The lowest BCUT2D eigenvalue weighted by molar-refractivity contribution is -0.120. The number of benzene rings is 1. The summed E-state index contributed by atoms with van der Waals surface area (Å²) in [6.07, 6.45) is 0.201. The molecule has 2 aromatic rings. The molecule has 0 aliphatic carbocycles. The van der Waals surface area contributed by atoms with Crippen LogP contribution in [0, 0.1) is 0 Å². The van der Waals surface area contributed by atoms with Crippen molar-refractivity contribution in [1.82, 2.24) is 5.32 Å². The van der Waals surface area contributed by atoms with Crippen LogP contribution in [0.2, 0.25) is 0 Å². The number of amides is 2. The highest BCUT2D eigenvalue weighted by molar-refractivity contribution is 9.10. The fraction of sp³-hybridized carbons (Fsp3) is 0.200. The Labute approximate surface area is 135 Å². The van der Waals surface area contributed by atoms with Gasteiger partial charge in [-0.1, -0.05) is 28.1 Å². The molecular weight excluding hydrogens is 352 g/mol. The standard InChI is InChI=1S/C15H15BrN2O2S/c1-10(19)17-13(14-6-3-7-21-14)9-15(20)18-12-5-2-4-11(16)8-12/h2-8,13H,9H2,1H3,(H,17,19)(H,18,20). The van der Waals surface area contributed by atoms with E-state index in [1.165, 1.54) is 18.3 Å². The highest BCUT2D eigenvalue weighted by Gasteiger charge is 2.18. The smallest absolute Gasteiger partial charge is 0.226 e. The van der Waals surface area contributed by atoms with Gasteiger partial charge in [-0.05, 0) is 29.6 Å². The van der Waals surface area contributed by atoms with Crippen molar-refractivity contribution < 1.29 is 9.59 Å². The number of carbonyl (C=O) groups excluding carboxylic acids is 2. The van der Waals surface area contributed by atoms with Crippen molar-refractivity contribution in [2.24, 2.45) is 0 Å². The predicted molar refractivity (Wildman–Crippen MR) is 88.3 cm³/mol. The Kier molecular flexibility index (Phi) is 5.52. The highest BCUT2D eigenvalue weighted by atomic mass is 79.9. The van der Waals surface area contributed by atoms with Crippen LogP contribution in [-0.4, -0.2) is 11.8 Å². The van der Waals surface area contributed by atoms with Gasteiger partial charge in [0.1, 0.15) is 0 Å². The molecule has 2 rings (SSSR count). The topological polar surface area (TPSA) is 58.2 Å². The molecule has 0 spiro atoms. The number of carbonyl (C=O) groups is 2. The molecule has 2 amide bonds. The minimum atomic E-state index is -0.297. The number of hydrogen-bond acceptors (Lipinski definition) is 3. The van der Waals surface area contributed by atoms with Crippen LogP contribution in [0.15, 0.2) is 46.3 Å². The summed E-state index contributed by atoms with van der Waals surface area (Å²) in [7, 11) is 0. The van der Waals surface area contributed by atoms with Crippen LogP contribution < -0.4 is 10.6 Å². The van der Waals surface area contributed by atoms with E-state index in [0.717, 1.165) is 15.0 Å². The van der Waals surface area contributed by atoms with E-state index in [9.17, 15) is 9.59 Å². The van der Waals surface area contributed by atoms with Gasteiger partial charge in [0.15, 0.2) is 0 Å². The number of thiophene rings is 1. The van der Waals surface area contributed by atoms with E-state index in [1.54, 1.807) is 0 Å². The molecule has 21 heavy (non-hydrogen) atoms. The summed E-state index contributed by atoms with van der Waals surface area (Å²) in [5.41, 5.74) is 0.724. The first-order chi connectivity index (χ1) is 10.0. The Morgan fingerprint density at radius 1 is 1.29 bits per heavy atom. The van der Waals surface area contributed by atoms with Crippen LogP contribution in [0.1, 0.15) is 24.3 Å². The minimum absolute atomic E-state index is 0.139. The molecule has 0 fully saturated rings. The van der Waals surface area contributed by atoms with Crippen LogP contribution in [0.4, 0.5) is 5.69 Å². The maximum absolute atomic E-state index is 12.1. The first-order valence-corrected chi connectivity index (χ1v) is 8.08. The summed E-state index contributed by atoms with van der Waals surface area (Å²) in [6.45, 7) is 1.45. The van der Waals surface area contributed by atoms with Crippen molar-refractivity contribution in [3.63, 3.8) is 0 Å². The number of halogens is 1. The van der Waals surface area contributed by atoms with Crippen LogP contribution >= 0.6 is 27.3 Å². The molecule has 2 N–H and O–H groups in total. The second kappa shape index (κ2) is 7.38. The monoisotopic (exact) mass is 366 g/mol. The SMILES string of the molecule is CC(=O)NC(CC(=O)Nc1cccc(Br)c1)c1cccs1. The predicted octanol–water partition coefficient (Wildman–Crippen LogP) is 3.72. The summed E-state index contributed by atoms with van der Waals surface area (Å²) in [6, 6.07) is 10.9.